The molecule has 0 aliphatic rings. The fourth-order valence-electron chi connectivity index (χ4n) is 2.56. The van der Waals surface area contributed by atoms with Crippen molar-refractivity contribution in [3.63, 3.8) is 0 Å². The smallest absolute Gasteiger partial charge is 0.250 e. The van der Waals surface area contributed by atoms with Crippen LogP contribution in [0, 0.1) is 5.92 Å². The van der Waals surface area contributed by atoms with Crippen LogP contribution < -0.4 is 11.1 Å². The molecule has 0 aliphatic heterocycles. The second-order valence-corrected chi connectivity index (χ2v) is 6.21. The van der Waals surface area contributed by atoms with Gasteiger partial charge < -0.3 is 11.1 Å². The molecule has 3 N–H and O–H groups in total. The lowest BCUT2D eigenvalue weighted by Crippen LogP contribution is -2.41. The SMILES string of the molecule is CCN(CC)C(CNc1ncc(C(N)=O)cc1Cl)CC(C)C. The number of anilines is 1. The van der Waals surface area contributed by atoms with E-state index in [1.807, 2.05) is 0 Å². The summed E-state index contributed by atoms with van der Waals surface area (Å²) in [6.45, 7) is 11.6. The molecule has 1 heterocycles. The summed E-state index contributed by atoms with van der Waals surface area (Å²) in [5, 5.41) is 3.71. The van der Waals surface area contributed by atoms with Crippen LogP contribution in [-0.4, -0.2) is 41.5 Å². The van der Waals surface area contributed by atoms with Crippen molar-refractivity contribution in [2.24, 2.45) is 11.7 Å². The van der Waals surface area contributed by atoms with Gasteiger partial charge in [0, 0.05) is 18.8 Å². The molecule has 0 saturated heterocycles. The van der Waals surface area contributed by atoms with Gasteiger partial charge in [-0.2, -0.15) is 0 Å². The molecular weight excluding hydrogens is 300 g/mol. The molecule has 1 atom stereocenters. The zero-order chi connectivity index (χ0) is 16.7. The molecule has 0 saturated carbocycles. The largest absolute Gasteiger partial charge is 0.367 e. The highest BCUT2D eigenvalue weighted by molar-refractivity contribution is 6.33. The van der Waals surface area contributed by atoms with Crippen molar-refractivity contribution in [1.29, 1.82) is 0 Å². The fourth-order valence-corrected chi connectivity index (χ4v) is 2.80. The van der Waals surface area contributed by atoms with Crippen LogP contribution in [0.25, 0.3) is 0 Å². The molecular formula is C16H27ClN4O. The number of hydrogen-bond acceptors (Lipinski definition) is 4. The first-order chi connectivity index (χ1) is 10.4. The summed E-state index contributed by atoms with van der Waals surface area (Å²) in [6, 6.07) is 1.97. The average molecular weight is 327 g/mol. The van der Waals surface area contributed by atoms with E-state index in [9.17, 15) is 4.79 Å². The Morgan fingerprint density at radius 3 is 2.50 bits per heavy atom. The number of pyridine rings is 1. The Morgan fingerprint density at radius 1 is 1.41 bits per heavy atom. The molecule has 5 nitrogen and oxygen atoms in total. The van der Waals surface area contributed by atoms with Crippen molar-refractivity contribution < 1.29 is 4.79 Å². The lowest BCUT2D eigenvalue weighted by molar-refractivity contribution is 0.1000. The first-order valence-electron chi connectivity index (χ1n) is 7.82. The van der Waals surface area contributed by atoms with Gasteiger partial charge in [0.25, 0.3) is 0 Å². The van der Waals surface area contributed by atoms with E-state index in [0.717, 1.165) is 26.1 Å². The summed E-state index contributed by atoms with van der Waals surface area (Å²) in [4.78, 5) is 17.7. The van der Waals surface area contributed by atoms with Crippen molar-refractivity contribution in [3.8, 4) is 0 Å². The van der Waals surface area contributed by atoms with Gasteiger partial charge in [-0.1, -0.05) is 39.3 Å². The van der Waals surface area contributed by atoms with E-state index in [1.54, 1.807) is 6.07 Å². The molecule has 124 valence electrons. The second-order valence-electron chi connectivity index (χ2n) is 5.80. The number of aromatic nitrogens is 1. The van der Waals surface area contributed by atoms with Gasteiger partial charge in [-0.3, -0.25) is 9.69 Å². The van der Waals surface area contributed by atoms with Crippen molar-refractivity contribution >= 4 is 23.3 Å². The minimum absolute atomic E-state index is 0.318. The molecule has 0 aliphatic carbocycles. The summed E-state index contributed by atoms with van der Waals surface area (Å²) in [7, 11) is 0. The number of rotatable bonds is 9. The monoisotopic (exact) mass is 326 g/mol. The van der Waals surface area contributed by atoms with Gasteiger partial charge in [0.15, 0.2) is 0 Å². The Hall–Kier alpha value is -1.33. The molecule has 1 amide bonds. The van der Waals surface area contributed by atoms with Crippen LogP contribution in [0.3, 0.4) is 0 Å². The minimum atomic E-state index is -0.526. The van der Waals surface area contributed by atoms with Crippen LogP contribution in [0.2, 0.25) is 5.02 Å². The molecule has 0 spiro atoms. The van der Waals surface area contributed by atoms with E-state index >= 15 is 0 Å². The quantitative estimate of drug-likeness (QED) is 0.731. The number of carbonyl (C=O) groups is 1. The highest BCUT2D eigenvalue weighted by Crippen LogP contribution is 2.21. The van der Waals surface area contributed by atoms with Crippen molar-refractivity contribution in [1.82, 2.24) is 9.88 Å². The summed E-state index contributed by atoms with van der Waals surface area (Å²) in [5.74, 6) is 0.683. The first kappa shape index (κ1) is 18.7. The van der Waals surface area contributed by atoms with Crippen LogP contribution >= 0.6 is 11.6 Å². The van der Waals surface area contributed by atoms with E-state index < -0.39 is 5.91 Å². The lowest BCUT2D eigenvalue weighted by atomic mass is 10.0. The maximum absolute atomic E-state index is 11.1. The third kappa shape index (κ3) is 5.46. The van der Waals surface area contributed by atoms with Crippen LogP contribution in [0.5, 0.6) is 0 Å². The average Bonchev–Trinajstić information content (AvgIpc) is 2.46. The zero-order valence-corrected chi connectivity index (χ0v) is 14.7. The third-order valence-corrected chi connectivity index (χ3v) is 3.99. The minimum Gasteiger partial charge on any atom is -0.367 e. The predicted octanol–water partition coefficient (Wildman–Crippen LogP) is 3.00. The fraction of sp³-hybridized carbons (Fsp3) is 0.625. The van der Waals surface area contributed by atoms with E-state index in [1.165, 1.54) is 6.20 Å². The molecule has 6 heteroatoms. The van der Waals surface area contributed by atoms with Gasteiger partial charge in [-0.25, -0.2) is 4.98 Å². The zero-order valence-electron chi connectivity index (χ0n) is 13.9. The topological polar surface area (TPSA) is 71.2 Å². The molecule has 0 bridgehead atoms. The Kier molecular flexibility index (Phi) is 7.62. The molecule has 1 aromatic heterocycles. The number of nitrogens with one attached hydrogen (secondary N) is 1. The summed E-state index contributed by atoms with van der Waals surface area (Å²) < 4.78 is 0. The van der Waals surface area contributed by atoms with Crippen LogP contribution in [0.15, 0.2) is 12.3 Å². The Bertz CT molecular complexity index is 489. The van der Waals surface area contributed by atoms with Gasteiger partial charge in [-0.15, -0.1) is 0 Å². The number of nitrogens with zero attached hydrogens (tertiary/aromatic N) is 2. The Morgan fingerprint density at radius 2 is 2.05 bits per heavy atom. The van der Waals surface area contributed by atoms with Gasteiger partial charge >= 0.3 is 0 Å². The number of hydrogen-bond donors (Lipinski definition) is 2. The van der Waals surface area contributed by atoms with E-state index in [-0.39, 0.29) is 0 Å². The van der Waals surface area contributed by atoms with Gasteiger partial charge in [-0.05, 0) is 31.5 Å². The van der Waals surface area contributed by atoms with Gasteiger partial charge in [0.1, 0.15) is 5.82 Å². The highest BCUT2D eigenvalue weighted by atomic mass is 35.5. The number of likely N-dealkylation sites (N-methyl/N-ethyl adjacent to an activating group) is 1. The normalized spacial score (nSPS) is 12.7. The van der Waals surface area contributed by atoms with Crippen LogP contribution in [0.4, 0.5) is 5.82 Å². The summed E-state index contributed by atoms with van der Waals surface area (Å²) >= 11 is 6.16. The molecule has 1 rings (SSSR count). The highest BCUT2D eigenvalue weighted by Gasteiger charge is 2.18. The van der Waals surface area contributed by atoms with Crippen LogP contribution in [-0.2, 0) is 0 Å². The number of primary amides is 1. The molecule has 1 unspecified atom stereocenters. The summed E-state index contributed by atoms with van der Waals surface area (Å²) in [6.07, 6.45) is 2.55. The second kappa shape index (κ2) is 8.96. The lowest BCUT2D eigenvalue weighted by Gasteiger charge is -2.31. The Balaban J connectivity index is 2.77. The van der Waals surface area contributed by atoms with Crippen molar-refractivity contribution in [2.45, 2.75) is 40.2 Å². The molecule has 0 radical (unpaired) electrons. The Labute approximate surface area is 138 Å². The van der Waals surface area contributed by atoms with E-state index in [4.69, 9.17) is 17.3 Å². The standard InChI is InChI=1S/C16H27ClN4O/c1-5-21(6-2)13(7-11(3)4)10-20-16-14(17)8-12(9-19-16)15(18)22/h8-9,11,13H,5-7,10H2,1-4H3,(H2,18,22)(H,19,20). The number of nitrogens with two attached hydrogens (primary N) is 1. The van der Waals surface area contributed by atoms with Crippen molar-refractivity contribution in [2.75, 3.05) is 25.0 Å². The molecule has 1 aromatic rings. The maximum atomic E-state index is 11.1. The number of amides is 1. The number of halogens is 1. The first-order valence-corrected chi connectivity index (χ1v) is 8.20. The van der Waals surface area contributed by atoms with Crippen LogP contribution in [0.1, 0.15) is 44.5 Å². The van der Waals surface area contributed by atoms with Gasteiger partial charge in [0.2, 0.25) is 5.91 Å². The number of carbonyl (C=O) groups excluding carboxylic acids is 1. The van der Waals surface area contributed by atoms with E-state index in [2.05, 4.69) is 42.9 Å². The van der Waals surface area contributed by atoms with Gasteiger partial charge in [0.05, 0.1) is 10.6 Å². The maximum Gasteiger partial charge on any atom is 0.250 e. The summed E-state index contributed by atoms with van der Waals surface area (Å²) in [5.41, 5.74) is 5.54. The molecule has 0 aromatic carbocycles. The predicted molar refractivity (Wildman–Crippen MR) is 92.4 cm³/mol. The van der Waals surface area contributed by atoms with Crippen molar-refractivity contribution in [3.05, 3.63) is 22.8 Å². The van der Waals surface area contributed by atoms with E-state index in [0.29, 0.717) is 28.4 Å². The molecule has 0 fully saturated rings. The third-order valence-electron chi connectivity index (χ3n) is 3.70. The molecule has 22 heavy (non-hydrogen) atoms.